The first-order chi connectivity index (χ1) is 13.5. The lowest BCUT2D eigenvalue weighted by atomic mass is 10.0. The van der Waals surface area contributed by atoms with E-state index < -0.39 is 0 Å². The summed E-state index contributed by atoms with van der Waals surface area (Å²) in [7, 11) is 0. The summed E-state index contributed by atoms with van der Waals surface area (Å²) in [6, 6.07) is 16.8. The van der Waals surface area contributed by atoms with E-state index in [9.17, 15) is 14.9 Å². The average molecular weight is 382 g/mol. The number of nitro groups is 1. The van der Waals surface area contributed by atoms with Gasteiger partial charge in [0.1, 0.15) is 0 Å². The second-order valence-electron chi connectivity index (χ2n) is 7.15. The van der Waals surface area contributed by atoms with E-state index in [0.29, 0.717) is 13.1 Å². The molecule has 0 bridgehead atoms. The number of non-ortho nitro benzene ring substituents is 1. The molecule has 1 atom stereocenters. The van der Waals surface area contributed by atoms with E-state index in [-0.39, 0.29) is 22.4 Å². The number of nitrogens with zero attached hydrogens (tertiary/aromatic N) is 3. The Balaban J connectivity index is 1.41. The smallest absolute Gasteiger partial charge is 0.269 e. The molecule has 148 valence electrons. The van der Waals surface area contributed by atoms with Crippen LogP contribution in [0.1, 0.15) is 18.4 Å². The van der Waals surface area contributed by atoms with Gasteiger partial charge in [-0.1, -0.05) is 37.3 Å². The van der Waals surface area contributed by atoms with Crippen LogP contribution in [0.3, 0.4) is 0 Å². The number of piperazine rings is 1. The number of benzene rings is 2. The number of carbonyl (C=O) groups excluding carboxylic acids is 1. The largest absolute Gasteiger partial charge is 0.369 e. The van der Waals surface area contributed by atoms with Gasteiger partial charge in [-0.2, -0.15) is 0 Å². The molecule has 0 unspecified atom stereocenters. The Morgan fingerprint density at radius 3 is 2.32 bits per heavy atom. The highest BCUT2D eigenvalue weighted by Gasteiger charge is 2.20. The fourth-order valence-corrected chi connectivity index (χ4v) is 3.37. The molecule has 1 aliphatic heterocycles. The number of nitro benzene ring substituents is 1. The van der Waals surface area contributed by atoms with E-state index in [1.54, 1.807) is 12.1 Å². The van der Waals surface area contributed by atoms with Crippen molar-refractivity contribution < 1.29 is 9.72 Å². The van der Waals surface area contributed by atoms with Crippen LogP contribution in [0.25, 0.3) is 0 Å². The van der Waals surface area contributed by atoms with Crippen molar-refractivity contribution in [3.05, 3.63) is 70.3 Å². The molecule has 2 aromatic carbocycles. The number of hydrogen-bond acceptors (Lipinski definition) is 5. The first-order valence-electron chi connectivity index (χ1n) is 9.56. The number of amides is 1. The minimum Gasteiger partial charge on any atom is -0.369 e. The Labute approximate surface area is 165 Å². The van der Waals surface area contributed by atoms with Crippen LogP contribution in [-0.2, 0) is 4.79 Å². The molecule has 7 heteroatoms. The third kappa shape index (κ3) is 5.29. The highest BCUT2D eigenvalue weighted by Crippen LogP contribution is 2.20. The molecule has 0 spiro atoms. The van der Waals surface area contributed by atoms with Gasteiger partial charge in [0.25, 0.3) is 5.69 Å². The molecular weight excluding hydrogens is 356 g/mol. The monoisotopic (exact) mass is 382 g/mol. The summed E-state index contributed by atoms with van der Waals surface area (Å²) in [5.74, 6) is 0.329. The number of nitrogens with one attached hydrogen (secondary N) is 1. The normalized spacial score (nSPS) is 15.8. The molecule has 1 amide bonds. The van der Waals surface area contributed by atoms with Gasteiger partial charge in [-0.3, -0.25) is 19.8 Å². The highest BCUT2D eigenvalue weighted by atomic mass is 16.6. The topological polar surface area (TPSA) is 78.7 Å². The summed E-state index contributed by atoms with van der Waals surface area (Å²) in [6.07, 6.45) is 0. The molecule has 1 N–H and O–H groups in total. The SMILES string of the molecule is C[C@@H](CNC(=O)CN1CCN(c2ccc([N+](=O)[O-])cc2)CC1)c1ccccc1. The maximum atomic E-state index is 12.3. The lowest BCUT2D eigenvalue weighted by Gasteiger charge is -2.35. The molecule has 0 aromatic heterocycles. The second-order valence-corrected chi connectivity index (χ2v) is 7.15. The van der Waals surface area contributed by atoms with E-state index in [2.05, 4.69) is 34.2 Å². The van der Waals surface area contributed by atoms with Crippen LogP contribution in [0.2, 0.25) is 0 Å². The van der Waals surface area contributed by atoms with Crippen LogP contribution >= 0.6 is 0 Å². The number of rotatable bonds is 7. The number of carbonyl (C=O) groups is 1. The second kappa shape index (κ2) is 9.32. The first kappa shape index (κ1) is 19.8. The standard InChI is InChI=1S/C21H26N4O3/c1-17(18-5-3-2-4-6-18)15-22-21(26)16-23-11-13-24(14-12-23)19-7-9-20(10-8-19)25(27)28/h2-10,17H,11-16H2,1H3,(H,22,26)/t17-/m0/s1. The summed E-state index contributed by atoms with van der Waals surface area (Å²) in [5.41, 5.74) is 2.30. The predicted molar refractivity (Wildman–Crippen MR) is 110 cm³/mol. The van der Waals surface area contributed by atoms with Crippen molar-refractivity contribution in [3.63, 3.8) is 0 Å². The highest BCUT2D eigenvalue weighted by molar-refractivity contribution is 5.78. The Hall–Kier alpha value is -2.93. The lowest BCUT2D eigenvalue weighted by Crippen LogP contribution is -2.49. The van der Waals surface area contributed by atoms with Crippen molar-refractivity contribution in [2.45, 2.75) is 12.8 Å². The van der Waals surface area contributed by atoms with Crippen LogP contribution < -0.4 is 10.2 Å². The van der Waals surface area contributed by atoms with Crippen LogP contribution in [-0.4, -0.2) is 55.0 Å². The van der Waals surface area contributed by atoms with Crippen molar-refractivity contribution in [2.24, 2.45) is 0 Å². The van der Waals surface area contributed by atoms with Crippen molar-refractivity contribution in [3.8, 4) is 0 Å². The summed E-state index contributed by atoms with van der Waals surface area (Å²) < 4.78 is 0. The zero-order valence-electron chi connectivity index (χ0n) is 16.1. The van der Waals surface area contributed by atoms with Gasteiger partial charge >= 0.3 is 0 Å². The Bertz CT molecular complexity index is 787. The van der Waals surface area contributed by atoms with Crippen LogP contribution in [0.4, 0.5) is 11.4 Å². The zero-order valence-corrected chi connectivity index (χ0v) is 16.1. The van der Waals surface area contributed by atoms with Gasteiger partial charge in [-0.25, -0.2) is 0 Å². The van der Waals surface area contributed by atoms with Crippen LogP contribution in [0.15, 0.2) is 54.6 Å². The van der Waals surface area contributed by atoms with Crippen LogP contribution in [0, 0.1) is 10.1 Å². The Kier molecular flexibility index (Phi) is 6.60. The maximum absolute atomic E-state index is 12.3. The third-order valence-corrected chi connectivity index (χ3v) is 5.14. The van der Waals surface area contributed by atoms with Gasteiger partial charge in [0.15, 0.2) is 0 Å². The van der Waals surface area contributed by atoms with E-state index in [1.165, 1.54) is 17.7 Å². The molecule has 1 heterocycles. The molecule has 2 aromatic rings. The van der Waals surface area contributed by atoms with Crippen molar-refractivity contribution >= 4 is 17.3 Å². The van der Waals surface area contributed by atoms with E-state index in [0.717, 1.165) is 31.9 Å². The quantitative estimate of drug-likeness (QED) is 0.588. The van der Waals surface area contributed by atoms with E-state index >= 15 is 0 Å². The Morgan fingerprint density at radius 1 is 1.07 bits per heavy atom. The molecular formula is C21H26N4O3. The van der Waals surface area contributed by atoms with Gasteiger partial charge in [0.2, 0.25) is 5.91 Å². The van der Waals surface area contributed by atoms with E-state index in [1.807, 2.05) is 18.2 Å². The zero-order chi connectivity index (χ0) is 19.9. The summed E-state index contributed by atoms with van der Waals surface area (Å²) in [5, 5.41) is 13.8. The predicted octanol–water partition coefficient (Wildman–Crippen LogP) is 2.64. The Morgan fingerprint density at radius 2 is 1.71 bits per heavy atom. The summed E-state index contributed by atoms with van der Waals surface area (Å²) in [4.78, 5) is 27.0. The van der Waals surface area contributed by atoms with Gasteiger partial charge < -0.3 is 10.2 Å². The minimum atomic E-state index is -0.390. The molecule has 3 rings (SSSR count). The molecule has 28 heavy (non-hydrogen) atoms. The summed E-state index contributed by atoms with van der Waals surface area (Å²) >= 11 is 0. The minimum absolute atomic E-state index is 0.0477. The fourth-order valence-electron chi connectivity index (χ4n) is 3.37. The molecule has 1 aliphatic rings. The van der Waals surface area contributed by atoms with Gasteiger partial charge in [-0.05, 0) is 23.6 Å². The number of hydrogen-bond donors (Lipinski definition) is 1. The molecule has 7 nitrogen and oxygen atoms in total. The molecule has 1 fully saturated rings. The van der Waals surface area contributed by atoms with E-state index in [4.69, 9.17) is 0 Å². The van der Waals surface area contributed by atoms with Gasteiger partial charge in [0.05, 0.1) is 11.5 Å². The summed E-state index contributed by atoms with van der Waals surface area (Å²) in [6.45, 7) is 6.31. The third-order valence-electron chi connectivity index (χ3n) is 5.14. The average Bonchev–Trinajstić information content (AvgIpc) is 2.73. The first-order valence-corrected chi connectivity index (χ1v) is 9.56. The molecule has 0 radical (unpaired) electrons. The molecule has 0 saturated carbocycles. The fraction of sp³-hybridized carbons (Fsp3) is 0.381. The molecule has 1 saturated heterocycles. The van der Waals surface area contributed by atoms with Gasteiger partial charge in [0, 0.05) is 50.5 Å². The van der Waals surface area contributed by atoms with Crippen molar-refractivity contribution in [1.82, 2.24) is 10.2 Å². The van der Waals surface area contributed by atoms with Crippen LogP contribution in [0.5, 0.6) is 0 Å². The van der Waals surface area contributed by atoms with Gasteiger partial charge in [-0.15, -0.1) is 0 Å². The van der Waals surface area contributed by atoms with Crippen molar-refractivity contribution in [2.75, 3.05) is 44.2 Å². The van der Waals surface area contributed by atoms with Crippen molar-refractivity contribution in [1.29, 1.82) is 0 Å². The molecule has 0 aliphatic carbocycles. The maximum Gasteiger partial charge on any atom is 0.269 e. The number of anilines is 1. The lowest BCUT2D eigenvalue weighted by molar-refractivity contribution is -0.384.